The van der Waals surface area contributed by atoms with Crippen LogP contribution in [0.4, 0.5) is 0 Å². The van der Waals surface area contributed by atoms with E-state index >= 15 is 0 Å². The summed E-state index contributed by atoms with van der Waals surface area (Å²) in [6, 6.07) is 3.74. The van der Waals surface area contributed by atoms with Crippen LogP contribution in [0.25, 0.3) is 11.0 Å². The van der Waals surface area contributed by atoms with E-state index in [0.717, 1.165) is 16.6 Å². The monoisotopic (exact) mass is 374 g/mol. The molecular formula is C18H22N4O5. The maximum atomic E-state index is 12.7. The summed E-state index contributed by atoms with van der Waals surface area (Å²) in [4.78, 5) is 45.4. The molecule has 3 rings (SSSR count). The van der Waals surface area contributed by atoms with E-state index in [-0.39, 0.29) is 31.3 Å². The Balaban J connectivity index is 1.62. The third-order valence-corrected chi connectivity index (χ3v) is 4.57. The van der Waals surface area contributed by atoms with Crippen LogP contribution in [0.15, 0.2) is 24.5 Å². The lowest BCUT2D eigenvalue weighted by molar-refractivity contribution is -0.147. The van der Waals surface area contributed by atoms with Gasteiger partial charge in [-0.15, -0.1) is 0 Å². The molecule has 2 amide bonds. The predicted octanol–water partition coefficient (Wildman–Crippen LogP) is 0.266. The van der Waals surface area contributed by atoms with Crippen molar-refractivity contribution in [1.29, 1.82) is 0 Å². The smallest absolute Gasteiger partial charge is 0.323 e. The molecule has 0 spiro atoms. The average Bonchev–Trinajstić information content (AvgIpc) is 3.04. The number of carboxylic acid groups (broad SMARTS) is 1. The van der Waals surface area contributed by atoms with Crippen LogP contribution in [-0.2, 0) is 25.5 Å². The Morgan fingerprint density at radius 2 is 2.26 bits per heavy atom. The maximum Gasteiger partial charge on any atom is 0.323 e. The van der Waals surface area contributed by atoms with Crippen molar-refractivity contribution in [3.8, 4) is 0 Å². The first-order valence-electron chi connectivity index (χ1n) is 8.71. The highest BCUT2D eigenvalue weighted by atomic mass is 16.5. The molecule has 9 heteroatoms. The molecule has 0 aromatic carbocycles. The van der Waals surface area contributed by atoms with Crippen molar-refractivity contribution in [2.45, 2.75) is 19.4 Å². The minimum atomic E-state index is -1.08. The number of ether oxygens (including phenoxy) is 1. The van der Waals surface area contributed by atoms with E-state index in [1.165, 1.54) is 11.8 Å². The summed E-state index contributed by atoms with van der Waals surface area (Å²) in [5, 5.41) is 9.84. The van der Waals surface area contributed by atoms with Crippen LogP contribution in [0.2, 0.25) is 0 Å². The second kappa shape index (κ2) is 8.17. The van der Waals surface area contributed by atoms with Gasteiger partial charge in [0, 0.05) is 44.3 Å². The van der Waals surface area contributed by atoms with Gasteiger partial charge >= 0.3 is 5.97 Å². The molecule has 27 heavy (non-hydrogen) atoms. The van der Waals surface area contributed by atoms with Gasteiger partial charge in [-0.25, -0.2) is 4.98 Å². The molecule has 2 aromatic rings. The number of rotatable bonds is 6. The summed E-state index contributed by atoms with van der Waals surface area (Å²) in [5.74, 6) is -1.46. The number of nitrogens with one attached hydrogen (secondary N) is 1. The molecule has 0 bridgehead atoms. The third-order valence-electron chi connectivity index (χ3n) is 4.57. The molecule has 1 atom stereocenters. The number of amides is 2. The van der Waals surface area contributed by atoms with Crippen molar-refractivity contribution in [2.75, 3.05) is 32.8 Å². The number of fused-ring (bicyclic) bond motifs is 1. The summed E-state index contributed by atoms with van der Waals surface area (Å²) < 4.78 is 5.63. The first-order valence-corrected chi connectivity index (χ1v) is 8.71. The second-order valence-electron chi connectivity index (χ2n) is 6.52. The van der Waals surface area contributed by atoms with Gasteiger partial charge in [0.05, 0.1) is 19.1 Å². The van der Waals surface area contributed by atoms with Crippen LogP contribution in [-0.4, -0.2) is 81.5 Å². The van der Waals surface area contributed by atoms with E-state index in [2.05, 4.69) is 9.97 Å². The first kappa shape index (κ1) is 18.8. The lowest BCUT2D eigenvalue weighted by atomic mass is 10.1. The number of nitrogens with zero attached hydrogens (tertiary/aromatic N) is 3. The van der Waals surface area contributed by atoms with Crippen LogP contribution in [0, 0.1) is 0 Å². The Morgan fingerprint density at radius 1 is 1.44 bits per heavy atom. The van der Waals surface area contributed by atoms with Crippen molar-refractivity contribution in [3.05, 3.63) is 30.1 Å². The molecular weight excluding hydrogens is 352 g/mol. The standard InChI is InChI=1S/C18H22N4O5/c1-12(23)22(11-17(25)26)10-14-9-21(5-6-27-14)16(24)7-13-8-20-18-15(13)3-2-4-19-18/h2-4,8,14H,5-7,9-11H2,1H3,(H,19,20)(H,25,26). The summed E-state index contributed by atoms with van der Waals surface area (Å²) in [5.41, 5.74) is 1.62. The van der Waals surface area contributed by atoms with Gasteiger partial charge in [0.2, 0.25) is 11.8 Å². The molecule has 1 unspecified atom stereocenters. The highest BCUT2D eigenvalue weighted by Crippen LogP contribution is 2.18. The van der Waals surface area contributed by atoms with E-state index in [1.807, 2.05) is 12.1 Å². The van der Waals surface area contributed by atoms with E-state index in [0.29, 0.717) is 19.7 Å². The van der Waals surface area contributed by atoms with Gasteiger partial charge in [-0.3, -0.25) is 14.4 Å². The lowest BCUT2D eigenvalue weighted by Gasteiger charge is -2.35. The van der Waals surface area contributed by atoms with Gasteiger partial charge in [0.1, 0.15) is 12.2 Å². The lowest BCUT2D eigenvalue weighted by Crippen LogP contribution is -2.51. The minimum Gasteiger partial charge on any atom is -0.480 e. The van der Waals surface area contributed by atoms with Crippen LogP contribution < -0.4 is 0 Å². The van der Waals surface area contributed by atoms with Crippen LogP contribution in [0.3, 0.4) is 0 Å². The Hall–Kier alpha value is -2.94. The van der Waals surface area contributed by atoms with Gasteiger partial charge in [-0.2, -0.15) is 0 Å². The highest BCUT2D eigenvalue weighted by molar-refractivity contribution is 5.87. The summed E-state index contributed by atoms with van der Waals surface area (Å²) in [7, 11) is 0. The van der Waals surface area contributed by atoms with Gasteiger partial charge in [-0.05, 0) is 17.7 Å². The number of hydrogen-bond donors (Lipinski definition) is 2. The molecule has 0 aliphatic carbocycles. The van der Waals surface area contributed by atoms with Crippen LogP contribution in [0.5, 0.6) is 0 Å². The van der Waals surface area contributed by atoms with Gasteiger partial charge in [0.25, 0.3) is 0 Å². The van der Waals surface area contributed by atoms with Gasteiger partial charge in [0.15, 0.2) is 0 Å². The number of H-pyrrole nitrogens is 1. The molecule has 1 saturated heterocycles. The van der Waals surface area contributed by atoms with Crippen molar-refractivity contribution in [3.63, 3.8) is 0 Å². The Morgan fingerprint density at radius 3 is 3.00 bits per heavy atom. The molecule has 2 N–H and O–H groups in total. The van der Waals surface area contributed by atoms with Crippen molar-refractivity contribution in [2.24, 2.45) is 0 Å². The SMILES string of the molecule is CC(=O)N(CC(=O)O)CC1CN(C(=O)Cc2c[nH]c3ncccc23)CCO1. The zero-order valence-corrected chi connectivity index (χ0v) is 15.1. The third kappa shape index (κ3) is 4.62. The van der Waals surface area contributed by atoms with E-state index in [1.54, 1.807) is 17.3 Å². The molecule has 3 heterocycles. The molecule has 0 saturated carbocycles. The summed E-state index contributed by atoms with van der Waals surface area (Å²) >= 11 is 0. The van der Waals surface area contributed by atoms with Crippen LogP contribution >= 0.6 is 0 Å². The Labute approximate surface area is 155 Å². The number of morpholine rings is 1. The van der Waals surface area contributed by atoms with E-state index in [4.69, 9.17) is 9.84 Å². The van der Waals surface area contributed by atoms with E-state index in [9.17, 15) is 14.4 Å². The molecule has 1 fully saturated rings. The number of pyridine rings is 1. The van der Waals surface area contributed by atoms with Crippen molar-refractivity contribution < 1.29 is 24.2 Å². The molecule has 9 nitrogen and oxygen atoms in total. The van der Waals surface area contributed by atoms with E-state index < -0.39 is 12.1 Å². The van der Waals surface area contributed by atoms with Gasteiger partial charge < -0.3 is 24.6 Å². The average molecular weight is 374 g/mol. The molecule has 2 aromatic heterocycles. The maximum absolute atomic E-state index is 12.7. The predicted molar refractivity (Wildman–Crippen MR) is 96.0 cm³/mol. The zero-order valence-electron chi connectivity index (χ0n) is 15.1. The Kier molecular flexibility index (Phi) is 5.70. The topological polar surface area (TPSA) is 116 Å². The zero-order chi connectivity index (χ0) is 19.4. The summed E-state index contributed by atoms with van der Waals surface area (Å²) in [6.07, 6.45) is 3.31. The fourth-order valence-electron chi connectivity index (χ4n) is 3.20. The number of aromatic amines is 1. The quantitative estimate of drug-likeness (QED) is 0.750. The highest BCUT2D eigenvalue weighted by Gasteiger charge is 2.27. The largest absolute Gasteiger partial charge is 0.480 e. The number of aliphatic carboxylic acids is 1. The van der Waals surface area contributed by atoms with Crippen molar-refractivity contribution in [1.82, 2.24) is 19.8 Å². The fourth-order valence-corrected chi connectivity index (χ4v) is 3.20. The van der Waals surface area contributed by atoms with Crippen molar-refractivity contribution >= 4 is 28.8 Å². The second-order valence-corrected chi connectivity index (χ2v) is 6.52. The molecule has 144 valence electrons. The number of carbonyl (C=O) groups excluding carboxylic acids is 2. The van der Waals surface area contributed by atoms with Crippen LogP contribution in [0.1, 0.15) is 12.5 Å². The number of aromatic nitrogens is 2. The molecule has 0 radical (unpaired) electrons. The minimum absolute atomic E-state index is 0.0411. The van der Waals surface area contributed by atoms with Gasteiger partial charge in [-0.1, -0.05) is 0 Å². The number of carboxylic acids is 1. The first-order chi connectivity index (χ1) is 12.9. The Bertz CT molecular complexity index is 849. The fraction of sp³-hybridized carbons (Fsp3) is 0.444. The molecule has 1 aliphatic rings. The number of hydrogen-bond acceptors (Lipinski definition) is 5. The summed E-state index contributed by atoms with van der Waals surface area (Å²) in [6.45, 7) is 2.22. The normalized spacial score (nSPS) is 17.1. The number of carbonyl (C=O) groups is 3. The molecule has 1 aliphatic heterocycles.